The molecule has 0 amide bonds. The van der Waals surface area contributed by atoms with Gasteiger partial charge in [-0.25, -0.2) is 0 Å². The van der Waals surface area contributed by atoms with Crippen LogP contribution in [0.3, 0.4) is 0 Å². The zero-order valence-corrected chi connectivity index (χ0v) is 13.8. The minimum atomic E-state index is -3.65. The van der Waals surface area contributed by atoms with Gasteiger partial charge < -0.3 is 5.11 Å². The smallest absolute Gasteiger partial charge is 0.305 e. The Balaban J connectivity index is 1.72. The van der Waals surface area contributed by atoms with Gasteiger partial charge in [0.1, 0.15) is 0 Å². The maximum atomic E-state index is 12.6. The van der Waals surface area contributed by atoms with Gasteiger partial charge in [0.2, 0.25) is 0 Å². The van der Waals surface area contributed by atoms with Gasteiger partial charge in [-0.15, -0.1) is 0 Å². The highest BCUT2D eigenvalue weighted by Gasteiger charge is 2.41. The Kier molecular flexibility index (Phi) is 4.54. The first-order valence-corrected chi connectivity index (χ1v) is 9.85. The number of carbonyl (C=O) groups is 1. The lowest BCUT2D eigenvalue weighted by atomic mass is 10.0. The van der Waals surface area contributed by atoms with E-state index in [0.29, 0.717) is 30.5 Å². The second-order valence-electron chi connectivity index (χ2n) is 6.10. The number of rotatable bonds is 6. The van der Waals surface area contributed by atoms with Crippen molar-refractivity contribution in [3.63, 3.8) is 0 Å². The Morgan fingerprint density at radius 1 is 1.41 bits per heavy atom. The molecule has 1 saturated heterocycles. The van der Waals surface area contributed by atoms with Gasteiger partial charge >= 0.3 is 5.97 Å². The molecule has 3 rings (SSSR count). The maximum absolute atomic E-state index is 12.6. The summed E-state index contributed by atoms with van der Waals surface area (Å²) < 4.78 is 29.2. The monoisotopic (exact) mass is 344 g/mol. The Labute approximate surface area is 134 Å². The molecule has 2 aliphatic rings. The first-order valence-electron chi connectivity index (χ1n) is 7.47. The average Bonchev–Trinajstić information content (AvgIpc) is 3.14. The standard InChI is InChI=1S/C14H20N2O4S2/c17-14(18)6-13(12-4-5-21-9-12)15-22(19,20)16-7-10-2-1-3-11(10)8-16/h4-5,9-11,13,15H,1-3,6-8H2,(H,17,18)/t10-,11+,13?. The summed E-state index contributed by atoms with van der Waals surface area (Å²) in [7, 11) is -3.65. The van der Waals surface area contributed by atoms with E-state index < -0.39 is 22.2 Å². The summed E-state index contributed by atoms with van der Waals surface area (Å²) in [5.41, 5.74) is 0.704. The fourth-order valence-corrected chi connectivity index (χ4v) is 5.74. The van der Waals surface area contributed by atoms with Crippen molar-refractivity contribution < 1.29 is 18.3 Å². The van der Waals surface area contributed by atoms with Crippen LogP contribution < -0.4 is 4.72 Å². The molecule has 2 heterocycles. The number of fused-ring (bicyclic) bond motifs is 1. The second-order valence-corrected chi connectivity index (χ2v) is 8.58. The third-order valence-electron chi connectivity index (χ3n) is 4.65. The molecule has 2 fully saturated rings. The number of thiophene rings is 1. The fourth-order valence-electron chi connectivity index (χ4n) is 3.52. The molecule has 2 N–H and O–H groups in total. The predicted octanol–water partition coefficient (Wildman–Crippen LogP) is 1.83. The molecule has 1 aromatic rings. The van der Waals surface area contributed by atoms with Crippen LogP contribution in [0.5, 0.6) is 0 Å². The van der Waals surface area contributed by atoms with Crippen molar-refractivity contribution >= 4 is 27.5 Å². The van der Waals surface area contributed by atoms with E-state index >= 15 is 0 Å². The molecule has 1 unspecified atom stereocenters. The third-order valence-corrected chi connectivity index (χ3v) is 6.91. The van der Waals surface area contributed by atoms with Crippen LogP contribution in [-0.4, -0.2) is 36.9 Å². The molecule has 6 nitrogen and oxygen atoms in total. The number of carboxylic acids is 1. The minimum Gasteiger partial charge on any atom is -0.481 e. The van der Waals surface area contributed by atoms with Gasteiger partial charge in [0.15, 0.2) is 0 Å². The SMILES string of the molecule is O=C(O)CC(NS(=O)(=O)N1C[C@H]2CCC[C@H]2C1)c1ccsc1. The van der Waals surface area contributed by atoms with Gasteiger partial charge in [-0.2, -0.15) is 28.8 Å². The third kappa shape index (κ3) is 3.34. The lowest BCUT2D eigenvalue weighted by molar-refractivity contribution is -0.137. The van der Waals surface area contributed by atoms with Gasteiger partial charge in [0.05, 0.1) is 12.5 Å². The Bertz CT molecular complexity index is 617. The molecule has 8 heteroatoms. The summed E-state index contributed by atoms with van der Waals surface area (Å²) in [6.45, 7) is 1.12. The van der Waals surface area contributed by atoms with Crippen LogP contribution >= 0.6 is 11.3 Å². The highest BCUT2D eigenvalue weighted by Crippen LogP contribution is 2.38. The first kappa shape index (κ1) is 15.9. The zero-order chi connectivity index (χ0) is 15.7. The average molecular weight is 344 g/mol. The first-order chi connectivity index (χ1) is 10.5. The van der Waals surface area contributed by atoms with Crippen molar-refractivity contribution in [3.05, 3.63) is 22.4 Å². The van der Waals surface area contributed by atoms with Gasteiger partial charge in [-0.05, 0) is 47.1 Å². The number of aliphatic carboxylic acids is 1. The van der Waals surface area contributed by atoms with Crippen molar-refractivity contribution in [1.82, 2.24) is 9.03 Å². The van der Waals surface area contributed by atoms with E-state index in [9.17, 15) is 13.2 Å². The molecule has 0 bridgehead atoms. The molecule has 3 atom stereocenters. The highest BCUT2D eigenvalue weighted by molar-refractivity contribution is 7.87. The van der Waals surface area contributed by atoms with Gasteiger partial charge in [0.25, 0.3) is 10.2 Å². The van der Waals surface area contributed by atoms with E-state index in [2.05, 4.69) is 4.72 Å². The minimum absolute atomic E-state index is 0.253. The van der Waals surface area contributed by atoms with Crippen LogP contribution in [0.4, 0.5) is 0 Å². The summed E-state index contributed by atoms with van der Waals surface area (Å²) >= 11 is 1.43. The van der Waals surface area contributed by atoms with Gasteiger partial charge in [-0.3, -0.25) is 4.79 Å². The van der Waals surface area contributed by atoms with Crippen molar-refractivity contribution in [1.29, 1.82) is 0 Å². The molecule has 0 radical (unpaired) electrons. The van der Waals surface area contributed by atoms with E-state index in [1.54, 1.807) is 11.4 Å². The van der Waals surface area contributed by atoms with Crippen LogP contribution in [-0.2, 0) is 15.0 Å². The largest absolute Gasteiger partial charge is 0.481 e. The maximum Gasteiger partial charge on any atom is 0.305 e. The molecule has 0 spiro atoms. The van der Waals surface area contributed by atoms with Crippen LogP contribution in [0.25, 0.3) is 0 Å². The Morgan fingerprint density at radius 2 is 2.09 bits per heavy atom. The number of nitrogens with zero attached hydrogens (tertiary/aromatic N) is 1. The Hall–Kier alpha value is -0.960. The summed E-state index contributed by atoms with van der Waals surface area (Å²) in [6.07, 6.45) is 3.13. The van der Waals surface area contributed by atoms with Crippen LogP contribution in [0.1, 0.15) is 37.3 Å². The summed E-state index contributed by atoms with van der Waals surface area (Å²) in [6, 6.07) is 1.05. The summed E-state index contributed by atoms with van der Waals surface area (Å²) in [5, 5.41) is 12.6. The van der Waals surface area contributed by atoms with Crippen molar-refractivity contribution in [2.45, 2.75) is 31.7 Å². The number of carboxylic acid groups (broad SMARTS) is 1. The topological polar surface area (TPSA) is 86.7 Å². The van der Waals surface area contributed by atoms with Gasteiger partial charge in [-0.1, -0.05) is 6.42 Å². The van der Waals surface area contributed by atoms with Crippen LogP contribution in [0.2, 0.25) is 0 Å². The van der Waals surface area contributed by atoms with Crippen LogP contribution in [0.15, 0.2) is 16.8 Å². The van der Waals surface area contributed by atoms with E-state index in [-0.39, 0.29) is 6.42 Å². The lowest BCUT2D eigenvalue weighted by Gasteiger charge is -2.22. The highest BCUT2D eigenvalue weighted by atomic mass is 32.2. The Morgan fingerprint density at radius 3 is 2.64 bits per heavy atom. The molecular weight excluding hydrogens is 324 g/mol. The predicted molar refractivity (Wildman–Crippen MR) is 83.8 cm³/mol. The van der Waals surface area contributed by atoms with E-state index in [0.717, 1.165) is 12.8 Å². The summed E-state index contributed by atoms with van der Waals surface area (Å²) in [5.74, 6) is -0.0801. The molecule has 122 valence electrons. The molecule has 1 saturated carbocycles. The van der Waals surface area contributed by atoms with Crippen molar-refractivity contribution in [2.24, 2.45) is 11.8 Å². The normalized spacial score (nSPS) is 26.9. The van der Waals surface area contributed by atoms with Crippen molar-refractivity contribution in [3.8, 4) is 0 Å². The quantitative estimate of drug-likeness (QED) is 0.824. The number of hydrogen-bond donors (Lipinski definition) is 2. The zero-order valence-electron chi connectivity index (χ0n) is 12.1. The summed E-state index contributed by atoms with van der Waals surface area (Å²) in [4.78, 5) is 11.0. The second kappa shape index (κ2) is 6.27. The molecule has 0 aromatic carbocycles. The molecular formula is C14H20N2O4S2. The van der Waals surface area contributed by atoms with Gasteiger partial charge in [0, 0.05) is 13.1 Å². The van der Waals surface area contributed by atoms with Crippen LogP contribution in [0, 0.1) is 11.8 Å². The molecule has 1 aromatic heterocycles. The lowest BCUT2D eigenvalue weighted by Crippen LogP contribution is -2.42. The number of nitrogens with one attached hydrogen (secondary N) is 1. The van der Waals surface area contributed by atoms with E-state index in [1.165, 1.54) is 22.1 Å². The van der Waals surface area contributed by atoms with Crippen molar-refractivity contribution in [2.75, 3.05) is 13.1 Å². The molecule has 1 aliphatic carbocycles. The van der Waals surface area contributed by atoms with E-state index in [4.69, 9.17) is 5.11 Å². The molecule has 22 heavy (non-hydrogen) atoms. The van der Waals surface area contributed by atoms with E-state index in [1.807, 2.05) is 5.38 Å². The molecule has 1 aliphatic heterocycles. The number of hydrogen-bond acceptors (Lipinski definition) is 4. The fraction of sp³-hybridized carbons (Fsp3) is 0.643.